The number of rotatable bonds is 7. The number of hydrogen-bond acceptors (Lipinski definition) is 5. The van der Waals surface area contributed by atoms with E-state index in [0.717, 1.165) is 59.9 Å². The Hall–Kier alpha value is -3.46. The predicted octanol–water partition coefficient (Wildman–Crippen LogP) is 5.01. The second-order valence-corrected chi connectivity index (χ2v) is 11.0. The van der Waals surface area contributed by atoms with Crippen LogP contribution in [-0.2, 0) is 4.79 Å². The monoisotopic (exact) mass is 544 g/mol. The second kappa shape index (κ2) is 12.2. The van der Waals surface area contributed by atoms with E-state index in [2.05, 4.69) is 15.5 Å². The standard InChI is InChI=1S/C31H33FN4O2S/c1-21-6-3-4-7-23(21)19-29-31(38)35(2)26-18-24(10-13-28(26)39-29)30(37)34-14-5-16-36-17-15-33-20-27(36)22-8-11-25(32)12-9-22/h3-4,6-13,18-19,27,33H,5,14-17,20H2,1-2H3,(H,34,37)/b29-19-. The zero-order valence-electron chi connectivity index (χ0n) is 22.2. The number of anilines is 1. The van der Waals surface area contributed by atoms with Crippen LogP contribution in [0.25, 0.3) is 6.08 Å². The molecule has 2 aliphatic heterocycles. The van der Waals surface area contributed by atoms with Gasteiger partial charge in [-0.1, -0.05) is 48.2 Å². The zero-order chi connectivity index (χ0) is 27.4. The van der Waals surface area contributed by atoms with Gasteiger partial charge in [-0.25, -0.2) is 4.39 Å². The lowest BCUT2D eigenvalue weighted by molar-refractivity contribution is -0.114. The molecule has 0 bridgehead atoms. The van der Waals surface area contributed by atoms with E-state index in [1.807, 2.05) is 61.5 Å². The summed E-state index contributed by atoms with van der Waals surface area (Å²) in [6.07, 6.45) is 2.73. The number of aryl methyl sites for hydroxylation is 1. The summed E-state index contributed by atoms with van der Waals surface area (Å²) in [7, 11) is 1.75. The summed E-state index contributed by atoms with van der Waals surface area (Å²) in [4.78, 5) is 31.6. The van der Waals surface area contributed by atoms with E-state index in [1.165, 1.54) is 23.9 Å². The molecule has 1 atom stereocenters. The number of carbonyl (C=O) groups excluding carboxylic acids is 2. The van der Waals surface area contributed by atoms with Crippen LogP contribution in [0.3, 0.4) is 0 Å². The molecule has 0 saturated carbocycles. The van der Waals surface area contributed by atoms with Crippen LogP contribution in [0.5, 0.6) is 0 Å². The van der Waals surface area contributed by atoms with E-state index >= 15 is 0 Å². The minimum atomic E-state index is -0.229. The number of likely N-dealkylation sites (N-methyl/N-ethyl adjacent to an activating group) is 1. The lowest BCUT2D eigenvalue weighted by Gasteiger charge is -2.36. The fourth-order valence-electron chi connectivity index (χ4n) is 5.04. The Morgan fingerprint density at radius 2 is 1.95 bits per heavy atom. The van der Waals surface area contributed by atoms with Gasteiger partial charge in [-0.2, -0.15) is 0 Å². The summed E-state index contributed by atoms with van der Waals surface area (Å²) in [5.74, 6) is -0.465. The molecule has 0 radical (unpaired) electrons. The Labute approximate surface area is 233 Å². The number of fused-ring (bicyclic) bond motifs is 1. The maximum absolute atomic E-state index is 13.4. The first kappa shape index (κ1) is 27.1. The molecule has 39 heavy (non-hydrogen) atoms. The molecule has 0 spiro atoms. The first-order chi connectivity index (χ1) is 18.9. The number of halogens is 1. The molecule has 0 aromatic heterocycles. The van der Waals surface area contributed by atoms with Gasteiger partial charge in [0.05, 0.1) is 10.6 Å². The van der Waals surface area contributed by atoms with Crippen LogP contribution < -0.4 is 15.5 Å². The van der Waals surface area contributed by atoms with Crippen LogP contribution in [0.15, 0.2) is 76.5 Å². The van der Waals surface area contributed by atoms with Crippen LogP contribution in [0.4, 0.5) is 10.1 Å². The first-order valence-corrected chi connectivity index (χ1v) is 14.1. The molecule has 0 aliphatic carbocycles. The number of nitrogens with zero attached hydrogens (tertiary/aromatic N) is 2. The molecule has 2 heterocycles. The predicted molar refractivity (Wildman–Crippen MR) is 155 cm³/mol. The van der Waals surface area contributed by atoms with E-state index in [0.29, 0.717) is 17.0 Å². The SMILES string of the molecule is Cc1ccccc1/C=C1\Sc2ccc(C(=O)NCCCN3CCNCC3c3ccc(F)cc3)cc2N(C)C1=O. The van der Waals surface area contributed by atoms with Gasteiger partial charge in [0, 0.05) is 56.3 Å². The van der Waals surface area contributed by atoms with Gasteiger partial charge in [-0.3, -0.25) is 14.5 Å². The van der Waals surface area contributed by atoms with Gasteiger partial charge in [0.2, 0.25) is 0 Å². The highest BCUT2D eigenvalue weighted by Crippen LogP contribution is 2.42. The van der Waals surface area contributed by atoms with Crippen LogP contribution in [0.2, 0.25) is 0 Å². The summed E-state index contributed by atoms with van der Waals surface area (Å²) < 4.78 is 13.4. The maximum Gasteiger partial charge on any atom is 0.264 e. The Bertz CT molecular complexity index is 1390. The van der Waals surface area contributed by atoms with Gasteiger partial charge in [0.15, 0.2) is 0 Å². The topological polar surface area (TPSA) is 64.7 Å². The van der Waals surface area contributed by atoms with Crippen molar-refractivity contribution < 1.29 is 14.0 Å². The lowest BCUT2D eigenvalue weighted by atomic mass is 10.0. The van der Waals surface area contributed by atoms with Crippen LogP contribution in [-0.4, -0.2) is 56.5 Å². The molecule has 2 amide bonds. The van der Waals surface area contributed by atoms with Crippen molar-refractivity contribution in [3.63, 3.8) is 0 Å². The van der Waals surface area contributed by atoms with E-state index in [4.69, 9.17) is 0 Å². The zero-order valence-corrected chi connectivity index (χ0v) is 23.1. The molecular formula is C31H33FN4O2S. The van der Waals surface area contributed by atoms with Crippen molar-refractivity contribution in [2.24, 2.45) is 0 Å². The minimum absolute atomic E-state index is 0.0833. The average Bonchev–Trinajstić information content (AvgIpc) is 2.95. The molecule has 3 aromatic carbocycles. The molecule has 8 heteroatoms. The normalized spacial score (nSPS) is 18.7. The highest BCUT2D eigenvalue weighted by atomic mass is 32.2. The van der Waals surface area contributed by atoms with Crippen molar-refractivity contribution in [2.75, 3.05) is 44.7 Å². The number of amides is 2. The third kappa shape index (κ3) is 6.24. The smallest absolute Gasteiger partial charge is 0.264 e. The highest BCUT2D eigenvalue weighted by Gasteiger charge is 2.28. The highest BCUT2D eigenvalue weighted by molar-refractivity contribution is 8.04. The van der Waals surface area contributed by atoms with Gasteiger partial charge in [-0.05, 0) is 66.4 Å². The number of piperazine rings is 1. The molecule has 3 aromatic rings. The van der Waals surface area contributed by atoms with E-state index in [-0.39, 0.29) is 23.7 Å². The fraction of sp³-hybridized carbons (Fsp3) is 0.290. The van der Waals surface area contributed by atoms with Crippen LogP contribution in [0, 0.1) is 12.7 Å². The molecular weight excluding hydrogens is 511 g/mol. The molecule has 5 rings (SSSR count). The van der Waals surface area contributed by atoms with Crippen molar-refractivity contribution in [2.45, 2.75) is 24.3 Å². The summed E-state index contributed by atoms with van der Waals surface area (Å²) >= 11 is 1.44. The molecule has 1 unspecified atom stereocenters. The third-order valence-electron chi connectivity index (χ3n) is 7.31. The summed E-state index contributed by atoms with van der Waals surface area (Å²) in [6.45, 7) is 6.03. The molecule has 2 N–H and O–H groups in total. The number of thioether (sulfide) groups is 1. The van der Waals surface area contributed by atoms with E-state index in [9.17, 15) is 14.0 Å². The summed E-state index contributed by atoms with van der Waals surface area (Å²) in [5.41, 5.74) is 4.50. The Morgan fingerprint density at radius 3 is 2.74 bits per heavy atom. The van der Waals surface area contributed by atoms with Gasteiger partial charge >= 0.3 is 0 Å². The summed E-state index contributed by atoms with van der Waals surface area (Å²) in [5, 5.41) is 6.45. The number of benzene rings is 3. The number of hydrogen-bond donors (Lipinski definition) is 2. The van der Waals surface area contributed by atoms with Crippen molar-refractivity contribution in [3.05, 3.63) is 99.7 Å². The van der Waals surface area contributed by atoms with Crippen molar-refractivity contribution in [3.8, 4) is 0 Å². The Balaban J connectivity index is 1.19. The minimum Gasteiger partial charge on any atom is -0.352 e. The van der Waals surface area contributed by atoms with Crippen LogP contribution in [0.1, 0.15) is 39.5 Å². The second-order valence-electron chi connectivity index (χ2n) is 9.93. The molecule has 202 valence electrons. The van der Waals surface area contributed by atoms with E-state index < -0.39 is 0 Å². The number of nitrogens with one attached hydrogen (secondary N) is 2. The Morgan fingerprint density at radius 1 is 1.15 bits per heavy atom. The van der Waals surface area contributed by atoms with Crippen molar-refractivity contribution >= 4 is 35.3 Å². The average molecular weight is 545 g/mol. The van der Waals surface area contributed by atoms with E-state index in [1.54, 1.807) is 18.0 Å². The quantitative estimate of drug-likeness (QED) is 0.324. The summed E-state index contributed by atoms with van der Waals surface area (Å²) in [6, 6.07) is 20.4. The third-order valence-corrected chi connectivity index (χ3v) is 8.39. The van der Waals surface area contributed by atoms with Gasteiger partial charge in [-0.15, -0.1) is 0 Å². The van der Waals surface area contributed by atoms with Gasteiger partial charge in [0.25, 0.3) is 11.8 Å². The van der Waals surface area contributed by atoms with Gasteiger partial charge < -0.3 is 15.5 Å². The first-order valence-electron chi connectivity index (χ1n) is 13.3. The van der Waals surface area contributed by atoms with Crippen molar-refractivity contribution in [1.82, 2.24) is 15.5 Å². The molecule has 2 aliphatic rings. The molecule has 1 fully saturated rings. The Kier molecular flexibility index (Phi) is 8.45. The van der Waals surface area contributed by atoms with Crippen molar-refractivity contribution in [1.29, 1.82) is 0 Å². The fourth-order valence-corrected chi connectivity index (χ4v) is 6.12. The largest absolute Gasteiger partial charge is 0.352 e. The lowest BCUT2D eigenvalue weighted by Crippen LogP contribution is -2.46. The van der Waals surface area contributed by atoms with Gasteiger partial charge in [0.1, 0.15) is 5.82 Å². The van der Waals surface area contributed by atoms with Crippen LogP contribution >= 0.6 is 11.8 Å². The molecule has 1 saturated heterocycles. The molecule has 6 nitrogen and oxygen atoms in total. The maximum atomic E-state index is 13.4. The number of carbonyl (C=O) groups is 2.